The molecule has 0 aromatic carbocycles. The molecule has 2 amide bonds. The standard InChI is InChI=1S/C14H19NO3/c1-5-8-15-11(16)9-10(12(15)17)14(4,18)7-6-13(9,2)3/h5-7,9-10,18H,1,8H2,2-4H3/t9-,10+,14-/m0/s1. The zero-order chi connectivity index (χ0) is 13.7. The molecular formula is C14H19NO3. The molecule has 0 unspecified atom stereocenters. The van der Waals surface area contributed by atoms with Gasteiger partial charge in [0.1, 0.15) is 0 Å². The smallest absolute Gasteiger partial charge is 0.236 e. The Hall–Kier alpha value is -1.42. The van der Waals surface area contributed by atoms with E-state index in [1.54, 1.807) is 13.0 Å². The van der Waals surface area contributed by atoms with E-state index in [-0.39, 0.29) is 18.4 Å². The van der Waals surface area contributed by atoms with Crippen molar-refractivity contribution in [3.8, 4) is 0 Å². The summed E-state index contributed by atoms with van der Waals surface area (Å²) in [5.41, 5.74) is -1.68. The molecule has 0 radical (unpaired) electrons. The van der Waals surface area contributed by atoms with Crippen molar-refractivity contribution in [2.24, 2.45) is 17.3 Å². The number of aliphatic hydroxyl groups is 1. The third-order valence-electron chi connectivity index (χ3n) is 3.99. The molecule has 3 atom stereocenters. The zero-order valence-corrected chi connectivity index (χ0v) is 11.0. The Morgan fingerprint density at radius 2 is 1.83 bits per heavy atom. The van der Waals surface area contributed by atoms with Crippen molar-refractivity contribution < 1.29 is 14.7 Å². The van der Waals surface area contributed by atoms with Crippen molar-refractivity contribution in [3.05, 3.63) is 24.8 Å². The molecule has 1 aliphatic heterocycles. The molecule has 1 fully saturated rings. The Bertz CT molecular complexity index is 412. The molecule has 0 saturated carbocycles. The minimum atomic E-state index is -1.26. The first-order valence-corrected chi connectivity index (χ1v) is 6.11. The van der Waals surface area contributed by atoms with Crippen molar-refractivity contribution in [2.75, 3.05) is 6.54 Å². The van der Waals surface area contributed by atoms with Gasteiger partial charge in [-0.3, -0.25) is 14.5 Å². The summed E-state index contributed by atoms with van der Waals surface area (Å²) in [6.07, 6.45) is 5.00. The van der Waals surface area contributed by atoms with Gasteiger partial charge in [-0.05, 0) is 12.3 Å². The van der Waals surface area contributed by atoms with Gasteiger partial charge in [0, 0.05) is 6.54 Å². The van der Waals surface area contributed by atoms with Crippen LogP contribution in [0.5, 0.6) is 0 Å². The van der Waals surface area contributed by atoms with Crippen LogP contribution in [0.25, 0.3) is 0 Å². The fraction of sp³-hybridized carbons (Fsp3) is 0.571. The van der Waals surface area contributed by atoms with E-state index < -0.39 is 22.9 Å². The molecule has 98 valence electrons. The summed E-state index contributed by atoms with van der Waals surface area (Å²) < 4.78 is 0. The van der Waals surface area contributed by atoms with Crippen LogP contribution in [0.1, 0.15) is 20.8 Å². The molecular weight excluding hydrogens is 230 g/mol. The third kappa shape index (κ3) is 1.63. The first-order chi connectivity index (χ1) is 8.22. The van der Waals surface area contributed by atoms with Crippen molar-refractivity contribution in [2.45, 2.75) is 26.4 Å². The van der Waals surface area contributed by atoms with Gasteiger partial charge >= 0.3 is 0 Å². The van der Waals surface area contributed by atoms with Crippen LogP contribution in [0.15, 0.2) is 24.8 Å². The average molecular weight is 249 g/mol. The number of fused-ring (bicyclic) bond motifs is 1. The van der Waals surface area contributed by atoms with Crippen molar-refractivity contribution in [1.29, 1.82) is 0 Å². The highest BCUT2D eigenvalue weighted by Crippen LogP contribution is 2.49. The lowest BCUT2D eigenvalue weighted by Crippen LogP contribution is -2.47. The van der Waals surface area contributed by atoms with Crippen LogP contribution < -0.4 is 0 Å². The van der Waals surface area contributed by atoms with E-state index in [1.807, 2.05) is 19.9 Å². The summed E-state index contributed by atoms with van der Waals surface area (Å²) in [7, 11) is 0. The molecule has 1 saturated heterocycles. The van der Waals surface area contributed by atoms with Crippen LogP contribution in [0, 0.1) is 17.3 Å². The van der Waals surface area contributed by atoms with E-state index in [4.69, 9.17) is 0 Å². The van der Waals surface area contributed by atoms with Gasteiger partial charge in [-0.1, -0.05) is 32.1 Å². The molecule has 0 aromatic heterocycles. The van der Waals surface area contributed by atoms with Crippen molar-refractivity contribution in [1.82, 2.24) is 4.90 Å². The molecule has 0 bridgehead atoms. The van der Waals surface area contributed by atoms with Crippen LogP contribution in [-0.2, 0) is 9.59 Å². The lowest BCUT2D eigenvalue weighted by Gasteiger charge is -2.40. The molecule has 2 aliphatic rings. The monoisotopic (exact) mass is 249 g/mol. The number of hydrogen-bond donors (Lipinski definition) is 1. The van der Waals surface area contributed by atoms with Gasteiger partial charge in [0.05, 0.1) is 17.4 Å². The van der Waals surface area contributed by atoms with Gasteiger partial charge in [0.25, 0.3) is 0 Å². The number of imide groups is 1. The van der Waals surface area contributed by atoms with Crippen LogP contribution in [-0.4, -0.2) is 34.0 Å². The summed E-state index contributed by atoms with van der Waals surface area (Å²) in [5, 5.41) is 10.3. The first kappa shape index (κ1) is 13.0. The molecule has 1 heterocycles. The van der Waals surface area contributed by atoms with Gasteiger partial charge in [-0.25, -0.2) is 0 Å². The van der Waals surface area contributed by atoms with Gasteiger partial charge in [-0.15, -0.1) is 6.58 Å². The summed E-state index contributed by atoms with van der Waals surface area (Å²) in [6, 6.07) is 0. The second kappa shape index (κ2) is 3.79. The predicted molar refractivity (Wildman–Crippen MR) is 67.4 cm³/mol. The highest BCUT2D eigenvalue weighted by molar-refractivity contribution is 6.06. The summed E-state index contributed by atoms with van der Waals surface area (Å²) >= 11 is 0. The Kier molecular flexibility index (Phi) is 2.74. The minimum absolute atomic E-state index is 0.205. The fourth-order valence-electron chi connectivity index (χ4n) is 2.96. The molecule has 0 spiro atoms. The zero-order valence-electron chi connectivity index (χ0n) is 11.0. The minimum Gasteiger partial charge on any atom is -0.385 e. The quantitative estimate of drug-likeness (QED) is 0.589. The molecule has 4 heteroatoms. The number of allylic oxidation sites excluding steroid dienone is 1. The average Bonchev–Trinajstić information content (AvgIpc) is 2.52. The largest absolute Gasteiger partial charge is 0.385 e. The highest BCUT2D eigenvalue weighted by Gasteiger charge is 2.60. The number of rotatable bonds is 2. The van der Waals surface area contributed by atoms with Crippen LogP contribution in [0.3, 0.4) is 0 Å². The number of carbonyl (C=O) groups excluding carboxylic acids is 2. The van der Waals surface area contributed by atoms with E-state index >= 15 is 0 Å². The van der Waals surface area contributed by atoms with E-state index in [2.05, 4.69) is 6.58 Å². The van der Waals surface area contributed by atoms with E-state index in [0.717, 1.165) is 0 Å². The fourth-order valence-corrected chi connectivity index (χ4v) is 2.96. The number of carbonyl (C=O) groups is 2. The van der Waals surface area contributed by atoms with Gasteiger partial charge in [-0.2, -0.15) is 0 Å². The molecule has 0 aromatic rings. The Balaban J connectivity index is 2.51. The van der Waals surface area contributed by atoms with Gasteiger partial charge < -0.3 is 5.11 Å². The predicted octanol–water partition coefficient (Wildman–Crippen LogP) is 1.12. The molecule has 4 nitrogen and oxygen atoms in total. The maximum Gasteiger partial charge on any atom is 0.236 e. The highest BCUT2D eigenvalue weighted by atomic mass is 16.3. The Morgan fingerprint density at radius 1 is 1.28 bits per heavy atom. The van der Waals surface area contributed by atoms with E-state index in [0.29, 0.717) is 0 Å². The van der Waals surface area contributed by atoms with Crippen LogP contribution in [0.4, 0.5) is 0 Å². The van der Waals surface area contributed by atoms with E-state index in [1.165, 1.54) is 11.0 Å². The Morgan fingerprint density at radius 3 is 2.33 bits per heavy atom. The maximum atomic E-state index is 12.4. The second-order valence-corrected chi connectivity index (χ2v) is 5.91. The normalized spacial score (nSPS) is 37.9. The number of hydrogen-bond acceptors (Lipinski definition) is 3. The lowest BCUT2D eigenvalue weighted by molar-refractivity contribution is -0.140. The first-order valence-electron chi connectivity index (χ1n) is 6.11. The van der Waals surface area contributed by atoms with Crippen molar-refractivity contribution in [3.63, 3.8) is 0 Å². The number of amides is 2. The van der Waals surface area contributed by atoms with Gasteiger partial charge in [0.2, 0.25) is 11.8 Å². The molecule has 18 heavy (non-hydrogen) atoms. The van der Waals surface area contributed by atoms with Gasteiger partial charge in [0.15, 0.2) is 0 Å². The van der Waals surface area contributed by atoms with Crippen LogP contribution in [0.2, 0.25) is 0 Å². The molecule has 2 rings (SSSR count). The van der Waals surface area contributed by atoms with E-state index in [9.17, 15) is 14.7 Å². The number of nitrogens with zero attached hydrogens (tertiary/aromatic N) is 1. The summed E-state index contributed by atoms with van der Waals surface area (Å²) in [4.78, 5) is 25.9. The topological polar surface area (TPSA) is 57.6 Å². The maximum absolute atomic E-state index is 12.4. The summed E-state index contributed by atoms with van der Waals surface area (Å²) in [5.74, 6) is -1.69. The Labute approximate surface area is 107 Å². The SMILES string of the molecule is C=CCN1C(=O)[C@@H]2[C@H](C1=O)[C@@](C)(O)C=CC2(C)C. The van der Waals surface area contributed by atoms with Crippen LogP contribution >= 0.6 is 0 Å². The molecule has 1 N–H and O–H groups in total. The lowest BCUT2D eigenvalue weighted by atomic mass is 9.63. The second-order valence-electron chi connectivity index (χ2n) is 5.91. The van der Waals surface area contributed by atoms with Crippen molar-refractivity contribution >= 4 is 11.8 Å². The number of likely N-dealkylation sites (tertiary alicyclic amines) is 1. The summed E-state index contributed by atoms with van der Waals surface area (Å²) in [6.45, 7) is 9.18. The third-order valence-corrected chi connectivity index (χ3v) is 3.99. The molecule has 1 aliphatic carbocycles.